The smallest absolute Gasteiger partial charge is 0.0875 e. The molecule has 12 heavy (non-hydrogen) atoms. The summed E-state index contributed by atoms with van der Waals surface area (Å²) in [5.41, 5.74) is -0.142. The highest BCUT2D eigenvalue weighted by atomic mass is 32.2. The van der Waals surface area contributed by atoms with E-state index < -0.39 is 15.8 Å². The number of hydrogen-bond acceptors (Lipinski definition) is 2. The van der Waals surface area contributed by atoms with E-state index in [1.807, 2.05) is 20.8 Å². The summed E-state index contributed by atoms with van der Waals surface area (Å²) in [7, 11) is 0. The van der Waals surface area contributed by atoms with Gasteiger partial charge in [0, 0.05) is 5.41 Å². The van der Waals surface area contributed by atoms with Gasteiger partial charge in [0.15, 0.2) is 0 Å². The molecular weight excluding hydrogens is 172 g/mol. The predicted octanol–water partition coefficient (Wildman–Crippen LogP) is 1.69. The van der Waals surface area contributed by atoms with E-state index in [9.17, 15) is 8.76 Å². The summed E-state index contributed by atoms with van der Waals surface area (Å²) >= 11 is -2.13. The summed E-state index contributed by atoms with van der Waals surface area (Å²) in [6.45, 7) is 9.03. The van der Waals surface area contributed by atoms with E-state index in [2.05, 4.69) is 11.8 Å². The average molecular weight is 187 g/mol. The first-order valence-electron chi connectivity index (χ1n) is 3.79. The van der Waals surface area contributed by atoms with Gasteiger partial charge in [-0.2, -0.15) is 0 Å². The second-order valence-electron chi connectivity index (χ2n) is 4.25. The standard InChI is InChI=1S/C9H16O2S/c1-8(2,3)6-7-9(4,5)12(10)11/h1-5H3,(H,10,11)/p-1. The summed E-state index contributed by atoms with van der Waals surface area (Å²) in [4.78, 5) is 0. The van der Waals surface area contributed by atoms with Crippen molar-refractivity contribution in [2.75, 3.05) is 0 Å². The van der Waals surface area contributed by atoms with E-state index in [4.69, 9.17) is 0 Å². The summed E-state index contributed by atoms with van der Waals surface area (Å²) in [5, 5.41) is 0. The lowest BCUT2D eigenvalue weighted by Crippen LogP contribution is -2.24. The lowest BCUT2D eigenvalue weighted by Gasteiger charge is -2.21. The van der Waals surface area contributed by atoms with Crippen molar-refractivity contribution in [2.24, 2.45) is 5.41 Å². The van der Waals surface area contributed by atoms with Gasteiger partial charge >= 0.3 is 0 Å². The molecule has 0 aliphatic rings. The molecule has 0 aromatic rings. The van der Waals surface area contributed by atoms with Gasteiger partial charge in [0.05, 0.1) is 4.75 Å². The molecule has 0 heterocycles. The zero-order valence-electron chi connectivity index (χ0n) is 8.22. The molecule has 0 aromatic carbocycles. The van der Waals surface area contributed by atoms with Crippen molar-refractivity contribution in [1.82, 2.24) is 0 Å². The quantitative estimate of drug-likeness (QED) is 0.463. The minimum atomic E-state index is -2.13. The monoisotopic (exact) mass is 187 g/mol. The van der Waals surface area contributed by atoms with Crippen LogP contribution in [0.2, 0.25) is 0 Å². The fraction of sp³-hybridized carbons (Fsp3) is 0.778. The first kappa shape index (κ1) is 11.7. The number of rotatable bonds is 1. The van der Waals surface area contributed by atoms with Crippen LogP contribution in [-0.2, 0) is 11.1 Å². The molecule has 1 atom stereocenters. The molecule has 0 saturated heterocycles. The SMILES string of the molecule is CC(C)(C)C#CC(C)(C)S(=O)[O-]. The third-order valence-corrected chi connectivity index (χ3v) is 2.09. The van der Waals surface area contributed by atoms with Crippen LogP contribution in [0, 0.1) is 17.3 Å². The zero-order valence-corrected chi connectivity index (χ0v) is 9.04. The fourth-order valence-corrected chi connectivity index (χ4v) is 0.514. The lowest BCUT2D eigenvalue weighted by molar-refractivity contribution is 0.516. The minimum Gasteiger partial charge on any atom is -0.771 e. The topological polar surface area (TPSA) is 40.1 Å². The van der Waals surface area contributed by atoms with Gasteiger partial charge < -0.3 is 4.55 Å². The predicted molar refractivity (Wildman–Crippen MR) is 50.2 cm³/mol. The van der Waals surface area contributed by atoms with Gasteiger partial charge in [-0.15, -0.1) is 0 Å². The highest BCUT2D eigenvalue weighted by Crippen LogP contribution is 2.14. The second-order valence-corrected chi connectivity index (χ2v) is 5.74. The summed E-state index contributed by atoms with van der Waals surface area (Å²) in [5.74, 6) is 5.64. The molecule has 1 unspecified atom stereocenters. The van der Waals surface area contributed by atoms with Crippen molar-refractivity contribution in [2.45, 2.75) is 39.4 Å². The Morgan fingerprint density at radius 1 is 1.08 bits per heavy atom. The van der Waals surface area contributed by atoms with E-state index in [-0.39, 0.29) is 5.41 Å². The Morgan fingerprint density at radius 3 is 1.75 bits per heavy atom. The molecule has 0 aromatic heterocycles. The van der Waals surface area contributed by atoms with Crippen LogP contribution in [0.25, 0.3) is 0 Å². The fourth-order valence-electron chi connectivity index (χ4n) is 0.380. The van der Waals surface area contributed by atoms with Crippen molar-refractivity contribution in [3.63, 3.8) is 0 Å². The van der Waals surface area contributed by atoms with Crippen molar-refractivity contribution >= 4 is 11.1 Å². The molecule has 0 bridgehead atoms. The van der Waals surface area contributed by atoms with E-state index in [0.29, 0.717) is 0 Å². The van der Waals surface area contributed by atoms with Crippen LogP contribution in [-0.4, -0.2) is 13.5 Å². The minimum absolute atomic E-state index is 0.142. The molecular formula is C9H15O2S-. The third kappa shape index (κ3) is 4.53. The molecule has 0 fully saturated rings. The Labute approximate surface area is 77.0 Å². The normalized spacial score (nSPS) is 14.8. The van der Waals surface area contributed by atoms with Crippen molar-refractivity contribution in [3.8, 4) is 11.8 Å². The van der Waals surface area contributed by atoms with E-state index in [1.54, 1.807) is 13.8 Å². The zero-order chi connectivity index (χ0) is 9.99. The van der Waals surface area contributed by atoms with Crippen LogP contribution in [0.5, 0.6) is 0 Å². The molecule has 0 aliphatic carbocycles. The van der Waals surface area contributed by atoms with Crippen LogP contribution in [0.4, 0.5) is 0 Å². The third-order valence-electron chi connectivity index (χ3n) is 1.16. The van der Waals surface area contributed by atoms with Crippen LogP contribution >= 0.6 is 0 Å². The first-order valence-corrected chi connectivity index (χ1v) is 4.86. The molecule has 0 amide bonds. The largest absolute Gasteiger partial charge is 0.771 e. The van der Waals surface area contributed by atoms with Crippen LogP contribution in [0.1, 0.15) is 34.6 Å². The molecule has 0 aliphatic heterocycles. The summed E-state index contributed by atoms with van der Waals surface area (Å²) < 4.78 is 20.3. The van der Waals surface area contributed by atoms with Crippen molar-refractivity contribution in [3.05, 3.63) is 0 Å². The Kier molecular flexibility index (Phi) is 3.49. The summed E-state index contributed by atoms with van der Waals surface area (Å²) in [6, 6.07) is 0. The lowest BCUT2D eigenvalue weighted by atomic mass is 9.97. The van der Waals surface area contributed by atoms with Gasteiger partial charge in [-0.3, -0.25) is 4.21 Å². The number of hydrogen-bond donors (Lipinski definition) is 0. The van der Waals surface area contributed by atoms with Gasteiger partial charge in [-0.25, -0.2) is 0 Å². The summed E-state index contributed by atoms with van der Waals surface area (Å²) in [6.07, 6.45) is 0. The Hall–Kier alpha value is -0.330. The Morgan fingerprint density at radius 2 is 1.50 bits per heavy atom. The average Bonchev–Trinajstić information content (AvgIpc) is 1.82. The Balaban J connectivity index is 4.61. The molecule has 2 nitrogen and oxygen atoms in total. The van der Waals surface area contributed by atoms with E-state index >= 15 is 0 Å². The molecule has 0 rings (SSSR count). The maximum Gasteiger partial charge on any atom is 0.0875 e. The van der Waals surface area contributed by atoms with Crippen molar-refractivity contribution in [1.29, 1.82) is 0 Å². The highest BCUT2D eigenvalue weighted by Gasteiger charge is 2.15. The van der Waals surface area contributed by atoms with Gasteiger partial charge in [0.2, 0.25) is 0 Å². The van der Waals surface area contributed by atoms with E-state index in [1.165, 1.54) is 0 Å². The van der Waals surface area contributed by atoms with Gasteiger partial charge in [0.25, 0.3) is 0 Å². The molecule has 3 heteroatoms. The van der Waals surface area contributed by atoms with E-state index in [0.717, 1.165) is 0 Å². The van der Waals surface area contributed by atoms with Gasteiger partial charge in [-0.1, -0.05) is 11.8 Å². The second kappa shape index (κ2) is 3.59. The molecule has 0 saturated carbocycles. The first-order chi connectivity index (χ1) is 5.15. The van der Waals surface area contributed by atoms with Crippen LogP contribution < -0.4 is 0 Å². The molecule has 0 N–H and O–H groups in total. The molecule has 0 spiro atoms. The van der Waals surface area contributed by atoms with Crippen LogP contribution in [0.3, 0.4) is 0 Å². The van der Waals surface area contributed by atoms with Gasteiger partial charge in [-0.05, 0) is 45.7 Å². The van der Waals surface area contributed by atoms with Gasteiger partial charge in [0.1, 0.15) is 0 Å². The Bertz CT molecular complexity index is 237. The maximum atomic E-state index is 10.6. The molecule has 70 valence electrons. The molecule has 0 radical (unpaired) electrons. The van der Waals surface area contributed by atoms with Crippen molar-refractivity contribution < 1.29 is 8.76 Å². The van der Waals surface area contributed by atoms with Crippen LogP contribution in [0.15, 0.2) is 0 Å². The highest BCUT2D eigenvalue weighted by molar-refractivity contribution is 7.80. The maximum absolute atomic E-state index is 10.6.